The van der Waals surface area contributed by atoms with E-state index in [-0.39, 0.29) is 0 Å². The van der Waals surface area contributed by atoms with Crippen LogP contribution in [0.5, 0.6) is 0 Å². The first-order valence-corrected chi connectivity index (χ1v) is 6.89. The predicted octanol–water partition coefficient (Wildman–Crippen LogP) is 3.10. The number of benzene rings is 1. The highest BCUT2D eigenvalue weighted by Crippen LogP contribution is 2.24. The highest BCUT2D eigenvalue weighted by molar-refractivity contribution is 9.10. The molecular weight excluding hydrogens is 290 g/mol. The normalized spacial score (nSPS) is 12.3. The van der Waals surface area contributed by atoms with Gasteiger partial charge in [0.1, 0.15) is 0 Å². The number of halogens is 1. The molecule has 0 fully saturated rings. The molecule has 1 unspecified atom stereocenters. The van der Waals surface area contributed by atoms with Crippen LogP contribution in [0.25, 0.3) is 0 Å². The zero-order valence-electron chi connectivity index (χ0n) is 11.4. The minimum Gasteiger partial charge on any atom is -0.368 e. The number of nitrogens with zero attached hydrogens (tertiary/aromatic N) is 3. The lowest BCUT2D eigenvalue weighted by molar-refractivity contribution is 0.373. The molecule has 0 spiro atoms. The van der Waals surface area contributed by atoms with Crippen molar-refractivity contribution in [2.45, 2.75) is 19.9 Å². The Hall–Kier alpha value is -1.05. The Kier molecular flexibility index (Phi) is 5.64. The van der Waals surface area contributed by atoms with Crippen LogP contribution in [-0.2, 0) is 0 Å². The third-order valence-electron chi connectivity index (χ3n) is 2.85. The van der Waals surface area contributed by atoms with Crippen molar-refractivity contribution in [2.75, 3.05) is 32.1 Å². The predicted molar refractivity (Wildman–Crippen MR) is 79.9 cm³/mol. The van der Waals surface area contributed by atoms with E-state index in [9.17, 15) is 0 Å². The molecule has 4 heteroatoms. The molecule has 0 aliphatic carbocycles. The van der Waals surface area contributed by atoms with Crippen molar-refractivity contribution >= 4 is 21.6 Å². The third kappa shape index (κ3) is 4.01. The first-order valence-electron chi connectivity index (χ1n) is 6.10. The Labute approximate surface area is 118 Å². The Balaban J connectivity index is 3.01. The largest absolute Gasteiger partial charge is 0.368 e. The minimum atomic E-state index is 0.408. The van der Waals surface area contributed by atoms with Crippen molar-refractivity contribution in [3.05, 3.63) is 28.2 Å². The molecule has 0 aliphatic rings. The minimum absolute atomic E-state index is 0.408. The lowest BCUT2D eigenvalue weighted by atomic mass is 10.1. The number of likely N-dealkylation sites (N-methyl/N-ethyl adjacent to an activating group) is 2. The fourth-order valence-electron chi connectivity index (χ4n) is 2.18. The van der Waals surface area contributed by atoms with Gasteiger partial charge in [-0.05, 0) is 46.1 Å². The standard InChI is InChI=1S/C14H20BrN3/c1-5-18(11(2)10-17(3)4)14-7-12(9-16)6-13(15)8-14/h6-8,11H,5,10H2,1-4H3. The average Bonchev–Trinajstić information content (AvgIpc) is 2.28. The van der Waals surface area contributed by atoms with E-state index in [1.165, 1.54) is 0 Å². The van der Waals surface area contributed by atoms with Crippen LogP contribution in [0, 0.1) is 11.3 Å². The summed E-state index contributed by atoms with van der Waals surface area (Å²) in [6.45, 7) is 6.26. The lowest BCUT2D eigenvalue weighted by Crippen LogP contribution is -2.40. The summed E-state index contributed by atoms with van der Waals surface area (Å²) >= 11 is 3.46. The van der Waals surface area contributed by atoms with Crippen LogP contribution < -0.4 is 4.90 Å². The number of anilines is 1. The van der Waals surface area contributed by atoms with Crippen LogP contribution in [0.3, 0.4) is 0 Å². The van der Waals surface area contributed by atoms with E-state index >= 15 is 0 Å². The molecule has 0 heterocycles. The molecule has 1 atom stereocenters. The summed E-state index contributed by atoms with van der Waals surface area (Å²) in [7, 11) is 4.15. The van der Waals surface area contributed by atoms with Crippen molar-refractivity contribution in [1.29, 1.82) is 5.26 Å². The summed E-state index contributed by atoms with van der Waals surface area (Å²) in [6.07, 6.45) is 0. The second-order valence-electron chi connectivity index (χ2n) is 4.71. The summed E-state index contributed by atoms with van der Waals surface area (Å²) < 4.78 is 0.951. The Bertz CT molecular complexity index is 437. The summed E-state index contributed by atoms with van der Waals surface area (Å²) in [6, 6.07) is 8.46. The number of hydrogen-bond donors (Lipinski definition) is 0. The quantitative estimate of drug-likeness (QED) is 0.837. The maximum atomic E-state index is 9.03. The molecule has 1 aromatic carbocycles. The number of nitriles is 1. The van der Waals surface area contributed by atoms with E-state index in [1.54, 1.807) is 0 Å². The monoisotopic (exact) mass is 309 g/mol. The van der Waals surface area contributed by atoms with E-state index in [4.69, 9.17) is 5.26 Å². The van der Waals surface area contributed by atoms with Gasteiger partial charge in [-0.25, -0.2) is 0 Å². The van der Waals surface area contributed by atoms with Crippen molar-refractivity contribution in [1.82, 2.24) is 4.90 Å². The van der Waals surface area contributed by atoms with Gasteiger partial charge < -0.3 is 9.80 Å². The van der Waals surface area contributed by atoms with E-state index in [2.05, 4.69) is 65.8 Å². The first-order chi connectivity index (χ1) is 8.47. The average molecular weight is 310 g/mol. The Morgan fingerprint density at radius 3 is 2.50 bits per heavy atom. The van der Waals surface area contributed by atoms with Gasteiger partial charge >= 0.3 is 0 Å². The molecular formula is C14H20BrN3. The van der Waals surface area contributed by atoms with Gasteiger partial charge in [0.05, 0.1) is 11.6 Å². The number of rotatable bonds is 5. The molecule has 1 rings (SSSR count). The van der Waals surface area contributed by atoms with E-state index in [1.807, 2.05) is 12.1 Å². The van der Waals surface area contributed by atoms with Crippen molar-refractivity contribution in [3.8, 4) is 6.07 Å². The van der Waals surface area contributed by atoms with E-state index in [0.29, 0.717) is 11.6 Å². The van der Waals surface area contributed by atoms with Gasteiger partial charge in [0.25, 0.3) is 0 Å². The highest BCUT2D eigenvalue weighted by atomic mass is 79.9. The van der Waals surface area contributed by atoms with E-state index in [0.717, 1.165) is 23.2 Å². The molecule has 98 valence electrons. The van der Waals surface area contributed by atoms with Gasteiger partial charge in [0, 0.05) is 29.3 Å². The molecule has 0 aliphatic heterocycles. The van der Waals surface area contributed by atoms with Crippen LogP contribution in [0.1, 0.15) is 19.4 Å². The van der Waals surface area contributed by atoms with Gasteiger partial charge in [0.2, 0.25) is 0 Å². The molecule has 0 radical (unpaired) electrons. The van der Waals surface area contributed by atoms with Crippen LogP contribution in [0.4, 0.5) is 5.69 Å². The highest BCUT2D eigenvalue weighted by Gasteiger charge is 2.14. The summed E-state index contributed by atoms with van der Waals surface area (Å²) in [5.41, 5.74) is 1.78. The molecule has 0 amide bonds. The molecule has 18 heavy (non-hydrogen) atoms. The van der Waals surface area contributed by atoms with Gasteiger partial charge in [-0.2, -0.15) is 5.26 Å². The van der Waals surface area contributed by atoms with Crippen molar-refractivity contribution in [3.63, 3.8) is 0 Å². The van der Waals surface area contributed by atoms with Gasteiger partial charge in [-0.3, -0.25) is 0 Å². The van der Waals surface area contributed by atoms with Crippen LogP contribution in [0.2, 0.25) is 0 Å². The number of hydrogen-bond acceptors (Lipinski definition) is 3. The summed E-state index contributed by atoms with van der Waals surface area (Å²) in [4.78, 5) is 4.49. The van der Waals surface area contributed by atoms with Crippen LogP contribution in [-0.4, -0.2) is 38.1 Å². The molecule has 3 nitrogen and oxygen atoms in total. The maximum Gasteiger partial charge on any atom is 0.0992 e. The lowest BCUT2D eigenvalue weighted by Gasteiger charge is -2.32. The van der Waals surface area contributed by atoms with Gasteiger partial charge in [-0.15, -0.1) is 0 Å². The Morgan fingerprint density at radius 1 is 1.33 bits per heavy atom. The SMILES string of the molecule is CCN(c1cc(Br)cc(C#N)c1)C(C)CN(C)C. The second kappa shape index (κ2) is 6.77. The van der Waals surface area contributed by atoms with Gasteiger partial charge in [0.15, 0.2) is 0 Å². The topological polar surface area (TPSA) is 30.3 Å². The second-order valence-corrected chi connectivity index (χ2v) is 5.62. The maximum absolute atomic E-state index is 9.03. The van der Waals surface area contributed by atoms with Crippen LogP contribution >= 0.6 is 15.9 Å². The third-order valence-corrected chi connectivity index (χ3v) is 3.30. The zero-order chi connectivity index (χ0) is 13.7. The molecule has 0 saturated carbocycles. The molecule has 0 aromatic heterocycles. The van der Waals surface area contributed by atoms with Gasteiger partial charge in [-0.1, -0.05) is 15.9 Å². The first kappa shape index (κ1) is 15.0. The van der Waals surface area contributed by atoms with Crippen LogP contribution in [0.15, 0.2) is 22.7 Å². The molecule has 0 N–H and O–H groups in total. The molecule has 1 aromatic rings. The molecule has 0 bridgehead atoms. The van der Waals surface area contributed by atoms with Crippen molar-refractivity contribution < 1.29 is 0 Å². The Morgan fingerprint density at radius 2 is 2.00 bits per heavy atom. The summed E-state index contributed by atoms with van der Waals surface area (Å²) in [5, 5.41) is 9.03. The molecule has 0 saturated heterocycles. The zero-order valence-corrected chi connectivity index (χ0v) is 13.0. The van der Waals surface area contributed by atoms with Crippen molar-refractivity contribution in [2.24, 2.45) is 0 Å². The fraction of sp³-hybridized carbons (Fsp3) is 0.500. The smallest absolute Gasteiger partial charge is 0.0992 e. The summed E-state index contributed by atoms with van der Waals surface area (Å²) in [5.74, 6) is 0. The van der Waals surface area contributed by atoms with E-state index < -0.39 is 0 Å². The fourth-order valence-corrected chi connectivity index (χ4v) is 2.66.